The van der Waals surface area contributed by atoms with Gasteiger partial charge in [-0.3, -0.25) is 20.2 Å². The topological polar surface area (TPSA) is 84.0 Å². The normalized spacial score (nSPS) is 10.3. The predicted octanol–water partition coefficient (Wildman–Crippen LogP) is 4.57. The number of nitrogens with one attached hydrogen (secondary N) is 2. The molecular formula is C16H10Br2N4O2S. The van der Waals surface area contributed by atoms with E-state index in [1.54, 1.807) is 48.5 Å². The van der Waals surface area contributed by atoms with E-state index in [2.05, 4.69) is 52.7 Å². The van der Waals surface area contributed by atoms with E-state index in [-0.39, 0.29) is 11.8 Å². The summed E-state index contributed by atoms with van der Waals surface area (Å²) >= 11 is 7.71. The highest BCUT2D eigenvalue weighted by Crippen LogP contribution is 2.22. The second-order valence-electron chi connectivity index (χ2n) is 4.83. The molecule has 0 aliphatic carbocycles. The van der Waals surface area contributed by atoms with Crippen LogP contribution in [0.5, 0.6) is 0 Å². The minimum atomic E-state index is -0.297. The van der Waals surface area contributed by atoms with Crippen LogP contribution in [-0.2, 0) is 0 Å². The predicted molar refractivity (Wildman–Crippen MR) is 104 cm³/mol. The van der Waals surface area contributed by atoms with Crippen molar-refractivity contribution >= 4 is 65.3 Å². The molecule has 0 atom stereocenters. The summed E-state index contributed by atoms with van der Waals surface area (Å²) in [6.07, 6.45) is 0. The molecule has 1 heterocycles. The average molecular weight is 482 g/mol. The van der Waals surface area contributed by atoms with Crippen molar-refractivity contribution in [2.45, 2.75) is 0 Å². The highest BCUT2D eigenvalue weighted by atomic mass is 79.9. The summed E-state index contributed by atoms with van der Waals surface area (Å²) < 4.78 is 1.77. The van der Waals surface area contributed by atoms with Gasteiger partial charge in [-0.2, -0.15) is 0 Å². The number of rotatable bonds is 4. The van der Waals surface area contributed by atoms with Crippen molar-refractivity contribution in [3.05, 3.63) is 68.6 Å². The Morgan fingerprint density at radius 2 is 1.08 bits per heavy atom. The maximum Gasteiger partial charge on any atom is 0.257 e. The number of nitrogens with zero attached hydrogens (tertiary/aromatic N) is 2. The highest BCUT2D eigenvalue weighted by molar-refractivity contribution is 9.10. The molecule has 1 aromatic heterocycles. The van der Waals surface area contributed by atoms with Gasteiger partial charge >= 0.3 is 0 Å². The smallest absolute Gasteiger partial charge is 0.257 e. The van der Waals surface area contributed by atoms with Crippen molar-refractivity contribution in [1.29, 1.82) is 0 Å². The van der Waals surface area contributed by atoms with Crippen molar-refractivity contribution in [1.82, 2.24) is 10.2 Å². The van der Waals surface area contributed by atoms with E-state index in [1.807, 2.05) is 0 Å². The van der Waals surface area contributed by atoms with E-state index in [4.69, 9.17) is 0 Å². The molecule has 0 radical (unpaired) electrons. The molecule has 6 nitrogen and oxygen atoms in total. The zero-order chi connectivity index (χ0) is 17.8. The van der Waals surface area contributed by atoms with Crippen LogP contribution in [0.25, 0.3) is 0 Å². The molecular weight excluding hydrogens is 472 g/mol. The van der Waals surface area contributed by atoms with Gasteiger partial charge in [-0.25, -0.2) is 0 Å². The molecule has 2 N–H and O–H groups in total. The molecule has 0 bridgehead atoms. The lowest BCUT2D eigenvalue weighted by Gasteiger charge is -2.01. The maximum atomic E-state index is 12.1. The van der Waals surface area contributed by atoms with Gasteiger partial charge < -0.3 is 0 Å². The molecule has 0 spiro atoms. The molecule has 0 aliphatic rings. The summed E-state index contributed by atoms with van der Waals surface area (Å²) in [4.78, 5) is 24.3. The second kappa shape index (κ2) is 7.85. The SMILES string of the molecule is O=C(Nc1nnc(NC(=O)c2ccc(Br)cc2)s1)c1ccc(Br)cc1. The Hall–Kier alpha value is -2.10. The lowest BCUT2D eigenvalue weighted by Crippen LogP contribution is -2.11. The summed E-state index contributed by atoms with van der Waals surface area (Å²) in [7, 11) is 0. The summed E-state index contributed by atoms with van der Waals surface area (Å²) in [5.74, 6) is -0.594. The fraction of sp³-hybridized carbons (Fsp3) is 0. The van der Waals surface area contributed by atoms with Crippen LogP contribution in [-0.4, -0.2) is 22.0 Å². The van der Waals surface area contributed by atoms with Crippen LogP contribution in [0, 0.1) is 0 Å². The van der Waals surface area contributed by atoms with E-state index < -0.39 is 0 Å². The first kappa shape index (κ1) is 17.7. The number of aromatic nitrogens is 2. The van der Waals surface area contributed by atoms with E-state index in [1.165, 1.54) is 0 Å². The first-order chi connectivity index (χ1) is 12.0. The molecule has 3 aromatic rings. The molecule has 0 saturated heterocycles. The highest BCUT2D eigenvalue weighted by Gasteiger charge is 2.13. The minimum absolute atomic E-state index is 0.297. The van der Waals surface area contributed by atoms with Gasteiger partial charge in [-0.15, -0.1) is 10.2 Å². The molecule has 0 fully saturated rings. The molecule has 126 valence electrons. The van der Waals surface area contributed by atoms with E-state index in [0.717, 1.165) is 20.3 Å². The Morgan fingerprint density at radius 3 is 1.44 bits per heavy atom. The van der Waals surface area contributed by atoms with Crippen LogP contribution in [0.15, 0.2) is 57.5 Å². The van der Waals surface area contributed by atoms with Crippen LogP contribution >= 0.6 is 43.2 Å². The van der Waals surface area contributed by atoms with Gasteiger partial charge in [0.2, 0.25) is 10.3 Å². The van der Waals surface area contributed by atoms with Crippen LogP contribution in [0.4, 0.5) is 10.3 Å². The number of amides is 2. The number of carbonyl (C=O) groups is 2. The zero-order valence-electron chi connectivity index (χ0n) is 12.5. The molecule has 2 amide bonds. The van der Waals surface area contributed by atoms with Crippen molar-refractivity contribution in [2.75, 3.05) is 10.6 Å². The van der Waals surface area contributed by atoms with Crippen molar-refractivity contribution in [3.63, 3.8) is 0 Å². The first-order valence-corrected chi connectivity index (χ1v) is 9.39. The number of anilines is 2. The Labute approximate surface area is 163 Å². The van der Waals surface area contributed by atoms with Crippen LogP contribution in [0.1, 0.15) is 20.7 Å². The number of hydrogen-bond acceptors (Lipinski definition) is 5. The third-order valence-corrected chi connectivity index (χ3v) is 4.89. The maximum absolute atomic E-state index is 12.1. The third-order valence-electron chi connectivity index (χ3n) is 3.08. The molecule has 25 heavy (non-hydrogen) atoms. The lowest BCUT2D eigenvalue weighted by molar-refractivity contribution is 0.101. The van der Waals surface area contributed by atoms with Crippen molar-refractivity contribution in [3.8, 4) is 0 Å². The Balaban J connectivity index is 1.64. The van der Waals surface area contributed by atoms with Crippen molar-refractivity contribution in [2.24, 2.45) is 0 Å². The molecule has 0 unspecified atom stereocenters. The van der Waals surface area contributed by atoms with Gasteiger partial charge in [0.1, 0.15) is 0 Å². The van der Waals surface area contributed by atoms with Gasteiger partial charge in [0.25, 0.3) is 11.8 Å². The van der Waals surface area contributed by atoms with Gasteiger partial charge in [0.15, 0.2) is 0 Å². The molecule has 0 saturated carbocycles. The quantitative estimate of drug-likeness (QED) is 0.571. The van der Waals surface area contributed by atoms with E-state index >= 15 is 0 Å². The molecule has 2 aromatic carbocycles. The third kappa shape index (κ3) is 4.71. The van der Waals surface area contributed by atoms with Gasteiger partial charge in [-0.05, 0) is 48.5 Å². The molecule has 9 heteroatoms. The van der Waals surface area contributed by atoms with Gasteiger partial charge in [0, 0.05) is 20.1 Å². The largest absolute Gasteiger partial charge is 0.296 e. The van der Waals surface area contributed by atoms with E-state index in [9.17, 15) is 9.59 Å². The number of benzene rings is 2. The standard InChI is InChI=1S/C16H10Br2N4O2S/c17-11-5-1-9(2-6-11)13(23)19-15-21-22-16(25-15)20-14(24)10-3-7-12(18)8-4-10/h1-8H,(H,19,21,23)(H,20,22,24). The number of hydrogen-bond donors (Lipinski definition) is 2. The first-order valence-electron chi connectivity index (χ1n) is 6.98. The Kier molecular flexibility index (Phi) is 5.57. The lowest BCUT2D eigenvalue weighted by atomic mass is 10.2. The van der Waals surface area contributed by atoms with Crippen LogP contribution in [0.3, 0.4) is 0 Å². The van der Waals surface area contributed by atoms with Crippen LogP contribution in [0.2, 0.25) is 0 Å². The fourth-order valence-electron chi connectivity index (χ4n) is 1.87. The Bertz CT molecular complexity index is 837. The van der Waals surface area contributed by atoms with Crippen LogP contribution < -0.4 is 10.6 Å². The minimum Gasteiger partial charge on any atom is -0.296 e. The monoisotopic (exact) mass is 480 g/mol. The van der Waals surface area contributed by atoms with Gasteiger partial charge in [0.05, 0.1) is 0 Å². The summed E-state index contributed by atoms with van der Waals surface area (Å²) in [5, 5.41) is 13.6. The number of halogens is 2. The second-order valence-corrected chi connectivity index (χ2v) is 7.64. The van der Waals surface area contributed by atoms with Crippen molar-refractivity contribution < 1.29 is 9.59 Å². The zero-order valence-corrected chi connectivity index (χ0v) is 16.5. The molecule has 0 aliphatic heterocycles. The van der Waals surface area contributed by atoms with E-state index in [0.29, 0.717) is 21.4 Å². The fourth-order valence-corrected chi connectivity index (χ4v) is 3.03. The Morgan fingerprint density at radius 1 is 0.720 bits per heavy atom. The number of carbonyl (C=O) groups excluding carboxylic acids is 2. The summed E-state index contributed by atoms with van der Waals surface area (Å²) in [5.41, 5.74) is 0.998. The summed E-state index contributed by atoms with van der Waals surface area (Å²) in [6.45, 7) is 0. The molecule has 3 rings (SSSR count). The average Bonchev–Trinajstić information content (AvgIpc) is 3.02. The summed E-state index contributed by atoms with van der Waals surface area (Å²) in [6, 6.07) is 13.9. The van der Waals surface area contributed by atoms with Gasteiger partial charge in [-0.1, -0.05) is 43.2 Å².